The molecule has 0 aromatic carbocycles. The van der Waals surface area contributed by atoms with Gasteiger partial charge in [-0.15, -0.1) is 0 Å². The van der Waals surface area contributed by atoms with Crippen LogP contribution in [-0.4, -0.2) is 46.2 Å². The average molecular weight is 506 g/mol. The third-order valence-electron chi connectivity index (χ3n) is 3.91. The van der Waals surface area contributed by atoms with Crippen LogP contribution in [0.5, 0.6) is 0 Å². The van der Waals surface area contributed by atoms with E-state index in [-0.39, 0.29) is 24.0 Å². The maximum Gasteiger partial charge on any atom is 0.230 e. The molecule has 1 atom stereocenters. The van der Waals surface area contributed by atoms with Gasteiger partial charge in [-0.1, -0.05) is 41.5 Å². The van der Waals surface area contributed by atoms with Crippen molar-refractivity contribution in [1.29, 1.82) is 0 Å². The molecule has 1 unspecified atom stereocenters. The van der Waals surface area contributed by atoms with Crippen LogP contribution in [-0.2, 0) is 14.4 Å². The van der Waals surface area contributed by atoms with Crippen LogP contribution < -0.4 is 0 Å². The number of carbonyl (C=O) groups is 3. The van der Waals surface area contributed by atoms with Crippen molar-refractivity contribution in [3.8, 4) is 0 Å². The lowest BCUT2D eigenvalue weighted by Crippen LogP contribution is -2.33. The lowest BCUT2D eigenvalue weighted by molar-refractivity contribution is -0.489. The maximum absolute atomic E-state index is 11.3. The third-order valence-corrected chi connectivity index (χ3v) is 3.91. The van der Waals surface area contributed by atoms with Crippen molar-refractivity contribution in [1.82, 2.24) is 0 Å². The van der Waals surface area contributed by atoms with Crippen LogP contribution in [0.25, 0.3) is 0 Å². The van der Waals surface area contributed by atoms with Gasteiger partial charge in [0.2, 0.25) is 12.7 Å². The van der Waals surface area contributed by atoms with Gasteiger partial charge in [-0.05, 0) is 50.5 Å². The second kappa shape index (κ2) is 24.1. The summed E-state index contributed by atoms with van der Waals surface area (Å²) in [6.07, 6.45) is 5.50. The van der Waals surface area contributed by atoms with Crippen LogP contribution in [0.3, 0.4) is 0 Å². The first-order valence-corrected chi connectivity index (χ1v) is 11.3. The number of aldehydes is 1. The van der Waals surface area contributed by atoms with Gasteiger partial charge in [0, 0.05) is 22.2 Å². The Morgan fingerprint density at radius 1 is 0.800 bits per heavy atom. The fourth-order valence-electron chi connectivity index (χ4n) is 2.67. The van der Waals surface area contributed by atoms with Crippen LogP contribution in [0, 0.1) is 59.9 Å². The molecule has 0 aliphatic carbocycles. The summed E-state index contributed by atoms with van der Waals surface area (Å²) in [6, 6.07) is 0. The van der Waals surface area contributed by atoms with Crippen molar-refractivity contribution in [2.75, 3.05) is 13.6 Å². The van der Waals surface area contributed by atoms with E-state index in [1.54, 1.807) is 6.08 Å². The zero-order valence-corrected chi connectivity index (χ0v) is 22.5. The van der Waals surface area contributed by atoms with Crippen LogP contribution in [0.4, 0.5) is 0 Å². The van der Waals surface area contributed by atoms with E-state index in [1.807, 2.05) is 41.5 Å². The number of carbonyl (C=O) groups excluding carboxylic acids is 3. The molecule has 0 heterocycles. The molecule has 204 valence electrons. The molecular formula is C23H43N3O9. The van der Waals surface area contributed by atoms with Gasteiger partial charge in [-0.3, -0.25) is 39.9 Å². The number of hydrogen-bond acceptors (Lipinski definition) is 9. The number of nitrogens with zero attached hydrogens (tertiary/aromatic N) is 3. The fraction of sp³-hybridized carbons (Fsp3) is 0.783. The smallest absolute Gasteiger partial charge is 0.230 e. The zero-order chi connectivity index (χ0) is 28.7. The molecule has 0 radical (unpaired) electrons. The van der Waals surface area contributed by atoms with E-state index in [9.17, 15) is 34.6 Å². The van der Waals surface area contributed by atoms with Gasteiger partial charge in [0.1, 0.15) is 17.9 Å². The Balaban J connectivity index is -0.000000212. The van der Waals surface area contributed by atoms with Gasteiger partial charge in [0.25, 0.3) is 0 Å². The monoisotopic (exact) mass is 505 g/mol. The predicted octanol–water partition coefficient (Wildman–Crippen LogP) is 4.67. The van der Waals surface area contributed by atoms with E-state index in [4.69, 9.17) is 10.1 Å². The minimum atomic E-state index is -0.826. The van der Waals surface area contributed by atoms with E-state index in [1.165, 1.54) is 13.8 Å². The van der Waals surface area contributed by atoms with E-state index in [0.29, 0.717) is 24.7 Å². The van der Waals surface area contributed by atoms with E-state index < -0.39 is 26.6 Å². The highest BCUT2D eigenvalue weighted by Crippen LogP contribution is 2.23. The van der Waals surface area contributed by atoms with Gasteiger partial charge in [0.15, 0.2) is 7.05 Å². The molecule has 12 nitrogen and oxygen atoms in total. The summed E-state index contributed by atoms with van der Waals surface area (Å²) in [5, 5.41) is 29.0. The summed E-state index contributed by atoms with van der Waals surface area (Å²) in [4.78, 5) is 59.9. The summed E-state index contributed by atoms with van der Waals surface area (Å²) >= 11 is 0. The largest absolute Gasteiger partial charge is 0.303 e. The number of hydrogen-bond donors (Lipinski definition) is 0. The highest BCUT2D eigenvalue weighted by atomic mass is 16.6. The van der Waals surface area contributed by atoms with E-state index >= 15 is 0 Å². The minimum Gasteiger partial charge on any atom is -0.303 e. The van der Waals surface area contributed by atoms with Gasteiger partial charge in [-0.25, -0.2) is 0 Å². The van der Waals surface area contributed by atoms with Gasteiger partial charge in [0.05, 0.1) is 10.8 Å². The Kier molecular flexibility index (Phi) is 27.0. The lowest BCUT2D eigenvalue weighted by atomic mass is 9.81. The van der Waals surface area contributed by atoms with Crippen molar-refractivity contribution < 1.29 is 29.2 Å². The highest BCUT2D eigenvalue weighted by Gasteiger charge is 2.33. The molecule has 0 saturated carbocycles. The molecule has 12 heteroatoms. The van der Waals surface area contributed by atoms with Crippen molar-refractivity contribution in [2.24, 2.45) is 29.6 Å². The van der Waals surface area contributed by atoms with Crippen molar-refractivity contribution in [3.63, 3.8) is 0 Å². The third kappa shape index (κ3) is 38.5. The molecule has 0 amide bonds. The molecule has 0 N–H and O–H groups in total. The maximum atomic E-state index is 11.3. The average Bonchev–Trinajstić information content (AvgIpc) is 2.59. The van der Waals surface area contributed by atoms with Crippen molar-refractivity contribution >= 4 is 17.9 Å². The Morgan fingerprint density at radius 3 is 1.40 bits per heavy atom. The summed E-state index contributed by atoms with van der Waals surface area (Å²) in [5.41, 5.74) is 0. The molecule has 35 heavy (non-hydrogen) atoms. The van der Waals surface area contributed by atoms with E-state index in [2.05, 4.69) is 0 Å². The van der Waals surface area contributed by atoms with Gasteiger partial charge < -0.3 is 4.79 Å². The first-order valence-electron chi connectivity index (χ1n) is 11.3. The van der Waals surface area contributed by atoms with Crippen molar-refractivity contribution in [3.05, 3.63) is 42.6 Å². The molecule has 0 rings (SSSR count). The fourth-order valence-corrected chi connectivity index (χ4v) is 2.67. The molecule has 0 aliphatic rings. The number of rotatable bonds is 12. The molecule has 0 fully saturated rings. The Bertz CT molecular complexity index is 657. The quantitative estimate of drug-likeness (QED) is 0.157. The summed E-state index contributed by atoms with van der Waals surface area (Å²) in [6.45, 7) is 14.2. The molecule has 0 bridgehead atoms. The molecule has 0 saturated heterocycles. The standard InChI is InChI=1S/C11H19NO4.C6H11NO2.C5H10O.CH3NO2/c1-7(2)5-10(6-12(15)16)11(8(3)13)9(4)14;1-6(2)4-3-5-7(8)9;1-5(2)3-4-6;1-2(3)4/h7,10-11H,5-6H2,1-4H3;3,5-6H,4H2,1-2H3;4-5H,3H2,1-2H3;1H3/b;5-3+;;. The minimum absolute atomic E-state index is 0.228. The molecule has 0 aromatic heterocycles. The van der Waals surface area contributed by atoms with Crippen LogP contribution in [0.1, 0.15) is 74.7 Å². The number of allylic oxidation sites excluding steroid dienone is 1. The molecular weight excluding hydrogens is 462 g/mol. The lowest BCUT2D eigenvalue weighted by Gasteiger charge is -2.21. The molecule has 0 aromatic rings. The Morgan fingerprint density at radius 2 is 1.20 bits per heavy atom. The summed E-state index contributed by atoms with van der Waals surface area (Å²) in [7, 11) is 0.889. The second-order valence-electron chi connectivity index (χ2n) is 9.14. The number of ketones is 2. The number of Topliss-reactive ketones (excluding diaryl/α,β-unsaturated/α-hetero) is 2. The zero-order valence-electron chi connectivity index (χ0n) is 22.5. The second-order valence-corrected chi connectivity index (χ2v) is 9.14. The number of nitro groups is 3. The van der Waals surface area contributed by atoms with Crippen LogP contribution in [0.15, 0.2) is 12.3 Å². The van der Waals surface area contributed by atoms with Crippen molar-refractivity contribution in [2.45, 2.75) is 74.7 Å². The molecule has 0 aliphatic heterocycles. The Labute approximate surface area is 208 Å². The van der Waals surface area contributed by atoms with E-state index in [0.717, 1.165) is 26.0 Å². The first kappa shape index (κ1) is 39.2. The van der Waals surface area contributed by atoms with Crippen LogP contribution in [0.2, 0.25) is 0 Å². The topological polar surface area (TPSA) is 181 Å². The summed E-state index contributed by atoms with van der Waals surface area (Å²) < 4.78 is 0. The van der Waals surface area contributed by atoms with Gasteiger partial charge in [-0.2, -0.15) is 0 Å². The SMILES string of the molecule is CC(=O)C(C(C)=O)C(CC(C)C)C[N+](=O)[O-].CC(C)C/C=C/[N+](=O)[O-].CC(C)CC=O.C[N+](=O)[O-]. The highest BCUT2D eigenvalue weighted by molar-refractivity contribution is 6.00. The van der Waals surface area contributed by atoms with Crippen LogP contribution >= 0.6 is 0 Å². The van der Waals surface area contributed by atoms with Gasteiger partial charge >= 0.3 is 0 Å². The summed E-state index contributed by atoms with van der Waals surface area (Å²) in [5.74, 6) is -0.604. The molecule has 0 spiro atoms. The Hall–Kier alpha value is -3.05. The predicted molar refractivity (Wildman–Crippen MR) is 134 cm³/mol. The normalized spacial score (nSPS) is 11.0. The first-order chi connectivity index (χ1) is 15.9.